The van der Waals surface area contributed by atoms with Crippen LogP contribution in [0.4, 0.5) is 10.1 Å². The van der Waals surface area contributed by atoms with E-state index in [1.165, 1.54) is 6.07 Å². The van der Waals surface area contributed by atoms with Crippen molar-refractivity contribution in [2.24, 2.45) is 34.8 Å². The first-order valence-corrected chi connectivity index (χ1v) is 13.5. The molecule has 7 rings (SSSR count). The number of aliphatic hydroxyl groups excluding tert-OH is 1. The Labute approximate surface area is 216 Å². The first-order valence-electron chi connectivity index (χ1n) is 13.1. The second kappa shape index (κ2) is 8.96. The molecule has 1 aromatic heterocycles. The highest BCUT2D eigenvalue weighted by molar-refractivity contribution is 6.30. The van der Waals surface area contributed by atoms with Gasteiger partial charge in [-0.1, -0.05) is 17.7 Å². The number of carbonyl (C=O) groups is 1. The molecule has 5 aliphatic carbocycles. The minimum atomic E-state index is -0.800. The third kappa shape index (κ3) is 4.09. The average molecular weight is 513 g/mol. The van der Waals surface area contributed by atoms with E-state index in [0.29, 0.717) is 53.6 Å². The summed E-state index contributed by atoms with van der Waals surface area (Å²) < 4.78 is 14.6. The molecule has 8 heteroatoms. The van der Waals surface area contributed by atoms with Gasteiger partial charge in [0.15, 0.2) is 0 Å². The average Bonchev–Trinajstić information content (AvgIpc) is 3.64. The Kier molecular flexibility index (Phi) is 6.01. The minimum absolute atomic E-state index is 0.135. The van der Waals surface area contributed by atoms with E-state index < -0.39 is 17.5 Å². The number of halogens is 2. The number of nitrogens with two attached hydrogens (primary N) is 1. The number of hydrogen-bond acceptors (Lipinski definition) is 5. The van der Waals surface area contributed by atoms with E-state index in [-0.39, 0.29) is 17.4 Å². The van der Waals surface area contributed by atoms with Crippen LogP contribution in [-0.2, 0) is 10.2 Å². The minimum Gasteiger partial charge on any atom is -0.373 e. The van der Waals surface area contributed by atoms with E-state index in [2.05, 4.69) is 15.6 Å². The molecule has 0 aliphatic heterocycles. The number of aromatic nitrogens is 1. The van der Waals surface area contributed by atoms with Gasteiger partial charge in [-0.25, -0.2) is 4.39 Å². The second-order valence-electron chi connectivity index (χ2n) is 11.8. The highest BCUT2D eigenvalue weighted by Crippen LogP contribution is 2.63. The quantitative estimate of drug-likeness (QED) is 0.397. The Morgan fingerprint density at radius 3 is 2.50 bits per heavy atom. The lowest BCUT2D eigenvalue weighted by molar-refractivity contribution is -0.144. The second-order valence-corrected chi connectivity index (χ2v) is 12.2. The number of aliphatic hydroxyl groups is 1. The van der Waals surface area contributed by atoms with Gasteiger partial charge in [0.25, 0.3) is 0 Å². The van der Waals surface area contributed by atoms with Crippen molar-refractivity contribution in [3.63, 3.8) is 0 Å². The van der Waals surface area contributed by atoms with Gasteiger partial charge in [0.05, 0.1) is 5.41 Å². The molecule has 5 saturated carbocycles. The van der Waals surface area contributed by atoms with E-state index in [1.807, 2.05) is 12.1 Å². The zero-order valence-corrected chi connectivity index (χ0v) is 21.1. The summed E-state index contributed by atoms with van der Waals surface area (Å²) in [6.45, 7) is 0.392. The summed E-state index contributed by atoms with van der Waals surface area (Å²) in [5, 5.41) is 18.0. The van der Waals surface area contributed by atoms with Crippen LogP contribution in [0.5, 0.6) is 0 Å². The highest BCUT2D eigenvalue weighted by atomic mass is 35.5. The molecule has 4 atom stereocenters. The molecular formula is C28H34ClFN4O2. The van der Waals surface area contributed by atoms with Gasteiger partial charge >= 0.3 is 0 Å². The molecule has 4 bridgehead atoms. The summed E-state index contributed by atoms with van der Waals surface area (Å²) in [6.07, 6.45) is 9.36. The number of amides is 1. The van der Waals surface area contributed by atoms with Crippen LogP contribution in [0.1, 0.15) is 50.5 Å². The molecule has 1 aromatic carbocycles. The predicted octanol–water partition coefficient (Wildman–Crippen LogP) is 4.22. The van der Waals surface area contributed by atoms with Crippen molar-refractivity contribution in [2.45, 2.75) is 62.6 Å². The largest absolute Gasteiger partial charge is 0.373 e. The maximum absolute atomic E-state index is 14.6. The Morgan fingerprint density at radius 1 is 1.17 bits per heavy atom. The summed E-state index contributed by atoms with van der Waals surface area (Å²) in [7, 11) is 0. The van der Waals surface area contributed by atoms with Crippen LogP contribution in [0.25, 0.3) is 0 Å². The fourth-order valence-electron chi connectivity index (χ4n) is 8.06. The molecule has 4 unspecified atom stereocenters. The van der Waals surface area contributed by atoms with Crippen molar-refractivity contribution in [3.8, 4) is 0 Å². The molecule has 0 radical (unpaired) electrons. The van der Waals surface area contributed by atoms with Gasteiger partial charge in [-0.3, -0.25) is 9.78 Å². The number of anilines is 1. The van der Waals surface area contributed by atoms with Crippen LogP contribution in [0.3, 0.4) is 0 Å². The number of nitrogens with zero attached hydrogens (tertiary/aromatic N) is 1. The van der Waals surface area contributed by atoms with E-state index in [0.717, 1.165) is 37.8 Å². The van der Waals surface area contributed by atoms with Gasteiger partial charge in [0.2, 0.25) is 5.91 Å². The Hall–Kier alpha value is -2.22. The molecule has 5 aliphatic rings. The van der Waals surface area contributed by atoms with Crippen LogP contribution < -0.4 is 16.4 Å². The molecule has 0 spiro atoms. The van der Waals surface area contributed by atoms with Gasteiger partial charge in [-0.2, -0.15) is 0 Å². The molecule has 6 nitrogen and oxygen atoms in total. The van der Waals surface area contributed by atoms with Crippen molar-refractivity contribution in [1.82, 2.24) is 10.3 Å². The summed E-state index contributed by atoms with van der Waals surface area (Å²) in [5.41, 5.74) is 7.12. The molecule has 192 valence electrons. The molecule has 1 heterocycles. The van der Waals surface area contributed by atoms with Gasteiger partial charge < -0.3 is 21.5 Å². The lowest BCUT2D eigenvalue weighted by atomic mass is 9.44. The van der Waals surface area contributed by atoms with Crippen LogP contribution in [0.15, 0.2) is 42.7 Å². The fraction of sp³-hybridized carbons (Fsp3) is 0.571. The zero-order chi connectivity index (χ0) is 25.1. The molecular weight excluding hydrogens is 479 g/mol. The van der Waals surface area contributed by atoms with Gasteiger partial charge in [-0.15, -0.1) is 0 Å². The Bertz CT molecular complexity index is 1130. The van der Waals surface area contributed by atoms with E-state index in [4.69, 9.17) is 17.3 Å². The predicted molar refractivity (Wildman–Crippen MR) is 137 cm³/mol. The van der Waals surface area contributed by atoms with Crippen LogP contribution >= 0.6 is 11.6 Å². The number of hydrogen-bond donors (Lipinski definition) is 4. The van der Waals surface area contributed by atoms with Crippen molar-refractivity contribution in [2.75, 3.05) is 11.9 Å². The van der Waals surface area contributed by atoms with Gasteiger partial charge in [0, 0.05) is 46.7 Å². The standard InChI is InChI=1S/C28H34ClFN4O2/c29-19-1-2-21(22(30)11-19)28(5-6-28)26(36)33-15-23(31)24-17-9-16-10-18(24)14-27(12-16,13-17)25(35)34-20-3-7-32-8-4-20/h1-4,7-8,11,16-18,23-25,35H,5-6,9-10,12-15,31H2,(H,32,34)(H,33,36). The topological polar surface area (TPSA) is 100 Å². The number of carbonyl (C=O) groups excluding carboxylic acids is 1. The van der Waals surface area contributed by atoms with Crippen molar-refractivity contribution in [3.05, 3.63) is 59.1 Å². The number of benzene rings is 1. The molecule has 1 amide bonds. The molecule has 36 heavy (non-hydrogen) atoms. The summed E-state index contributed by atoms with van der Waals surface area (Å²) in [5.74, 6) is 1.27. The smallest absolute Gasteiger partial charge is 0.230 e. The monoisotopic (exact) mass is 512 g/mol. The number of pyridine rings is 1. The molecule has 0 saturated heterocycles. The normalized spacial score (nSPS) is 33.1. The van der Waals surface area contributed by atoms with E-state index >= 15 is 0 Å². The van der Waals surface area contributed by atoms with Crippen molar-refractivity contribution >= 4 is 23.2 Å². The van der Waals surface area contributed by atoms with E-state index in [9.17, 15) is 14.3 Å². The Morgan fingerprint density at radius 2 is 1.86 bits per heavy atom. The van der Waals surface area contributed by atoms with Crippen molar-refractivity contribution in [1.29, 1.82) is 0 Å². The maximum atomic E-state index is 14.6. The number of nitrogens with one attached hydrogen (secondary N) is 2. The first-order chi connectivity index (χ1) is 17.3. The summed E-state index contributed by atoms with van der Waals surface area (Å²) in [4.78, 5) is 17.2. The summed E-state index contributed by atoms with van der Waals surface area (Å²) in [6, 6.07) is 8.16. The number of rotatable bonds is 8. The maximum Gasteiger partial charge on any atom is 0.230 e. The highest BCUT2D eigenvalue weighted by Gasteiger charge is 2.59. The lowest BCUT2D eigenvalue weighted by Gasteiger charge is -2.62. The first kappa shape index (κ1) is 24.1. The van der Waals surface area contributed by atoms with Crippen LogP contribution in [0, 0.1) is 34.9 Å². The van der Waals surface area contributed by atoms with Crippen LogP contribution in [-0.4, -0.2) is 34.8 Å². The Balaban J connectivity index is 1.11. The fourth-order valence-corrected chi connectivity index (χ4v) is 8.22. The SMILES string of the molecule is NC(CNC(=O)C1(c2ccc(Cl)cc2F)CC1)C1C2CC3CC1CC(C(O)Nc1ccncc1)(C3)C2. The van der Waals surface area contributed by atoms with Crippen LogP contribution in [0.2, 0.25) is 5.02 Å². The third-order valence-electron chi connectivity index (χ3n) is 9.58. The zero-order valence-electron chi connectivity index (χ0n) is 20.3. The van der Waals surface area contributed by atoms with Crippen molar-refractivity contribution < 1.29 is 14.3 Å². The van der Waals surface area contributed by atoms with E-state index in [1.54, 1.807) is 24.5 Å². The third-order valence-corrected chi connectivity index (χ3v) is 9.82. The van der Waals surface area contributed by atoms with Gasteiger partial charge in [-0.05, 0) is 92.9 Å². The lowest BCUT2D eigenvalue weighted by Crippen LogP contribution is -2.61. The summed E-state index contributed by atoms with van der Waals surface area (Å²) >= 11 is 5.91. The molecule has 5 N–H and O–H groups in total. The van der Waals surface area contributed by atoms with Gasteiger partial charge in [0.1, 0.15) is 12.0 Å². The molecule has 5 fully saturated rings. The molecule has 2 aromatic rings.